The van der Waals surface area contributed by atoms with Gasteiger partial charge in [-0.05, 0) is 31.9 Å². The number of benzene rings is 1. The van der Waals surface area contributed by atoms with Crippen molar-refractivity contribution >= 4 is 5.97 Å². The third kappa shape index (κ3) is 1.93. The van der Waals surface area contributed by atoms with Gasteiger partial charge in [0.25, 0.3) is 0 Å². The van der Waals surface area contributed by atoms with E-state index >= 15 is 0 Å². The standard InChI is InChI=1S/C13H13NO3/c1-7-4-8(2)11(9(3)5-7)12-10(13(15)16)6-14-17-12/h4-6H,1-3H3,(H,15,16). The van der Waals surface area contributed by atoms with E-state index in [0.717, 1.165) is 22.3 Å². The first-order valence-corrected chi connectivity index (χ1v) is 5.27. The van der Waals surface area contributed by atoms with E-state index in [1.165, 1.54) is 6.20 Å². The van der Waals surface area contributed by atoms with Crippen LogP contribution in [-0.4, -0.2) is 16.2 Å². The average Bonchev–Trinajstić information content (AvgIpc) is 2.64. The maximum atomic E-state index is 11.0. The number of rotatable bonds is 2. The first-order chi connectivity index (χ1) is 8.00. The predicted octanol–water partition coefficient (Wildman–Crippen LogP) is 2.97. The fraction of sp³-hybridized carbons (Fsp3) is 0.231. The van der Waals surface area contributed by atoms with Gasteiger partial charge in [-0.15, -0.1) is 0 Å². The van der Waals surface area contributed by atoms with Crippen LogP contribution in [0.2, 0.25) is 0 Å². The molecule has 0 saturated carbocycles. The summed E-state index contributed by atoms with van der Waals surface area (Å²) in [7, 11) is 0. The van der Waals surface area contributed by atoms with Crippen molar-refractivity contribution in [3.05, 3.63) is 40.6 Å². The smallest absolute Gasteiger partial charge is 0.341 e. The summed E-state index contributed by atoms with van der Waals surface area (Å²) in [5, 5.41) is 12.6. The third-order valence-electron chi connectivity index (χ3n) is 2.70. The van der Waals surface area contributed by atoms with Gasteiger partial charge in [-0.25, -0.2) is 4.79 Å². The molecule has 0 amide bonds. The summed E-state index contributed by atoms with van der Waals surface area (Å²) < 4.78 is 5.08. The molecule has 0 radical (unpaired) electrons. The fourth-order valence-electron chi connectivity index (χ4n) is 2.11. The first kappa shape index (κ1) is 11.4. The fourth-order valence-corrected chi connectivity index (χ4v) is 2.11. The van der Waals surface area contributed by atoms with Crippen LogP contribution in [-0.2, 0) is 0 Å². The molecule has 2 rings (SSSR count). The van der Waals surface area contributed by atoms with Gasteiger partial charge in [0.2, 0.25) is 0 Å². The molecule has 1 heterocycles. The molecule has 0 atom stereocenters. The maximum absolute atomic E-state index is 11.0. The molecule has 0 fully saturated rings. The Kier molecular flexibility index (Phi) is 2.71. The quantitative estimate of drug-likeness (QED) is 0.863. The highest BCUT2D eigenvalue weighted by atomic mass is 16.5. The molecule has 0 saturated heterocycles. The molecule has 0 aliphatic heterocycles. The van der Waals surface area contributed by atoms with Crippen LogP contribution in [0, 0.1) is 20.8 Å². The lowest BCUT2D eigenvalue weighted by Crippen LogP contribution is -1.98. The number of aryl methyl sites for hydroxylation is 3. The van der Waals surface area contributed by atoms with E-state index in [2.05, 4.69) is 5.16 Å². The minimum absolute atomic E-state index is 0.0973. The molecule has 1 N–H and O–H groups in total. The average molecular weight is 231 g/mol. The predicted molar refractivity (Wildman–Crippen MR) is 63.1 cm³/mol. The van der Waals surface area contributed by atoms with Crippen molar-refractivity contribution in [1.29, 1.82) is 0 Å². The number of hydrogen-bond donors (Lipinski definition) is 1. The van der Waals surface area contributed by atoms with Crippen molar-refractivity contribution in [3.8, 4) is 11.3 Å². The van der Waals surface area contributed by atoms with E-state index < -0.39 is 5.97 Å². The van der Waals surface area contributed by atoms with Crippen LogP contribution >= 0.6 is 0 Å². The molecular weight excluding hydrogens is 218 g/mol. The largest absolute Gasteiger partial charge is 0.477 e. The van der Waals surface area contributed by atoms with Gasteiger partial charge in [0, 0.05) is 5.56 Å². The van der Waals surface area contributed by atoms with Crippen LogP contribution in [0.3, 0.4) is 0 Å². The van der Waals surface area contributed by atoms with E-state index in [9.17, 15) is 4.79 Å². The normalized spacial score (nSPS) is 10.5. The van der Waals surface area contributed by atoms with Crippen LogP contribution < -0.4 is 0 Å². The van der Waals surface area contributed by atoms with Gasteiger partial charge < -0.3 is 9.63 Å². The molecule has 0 unspecified atom stereocenters. The van der Waals surface area contributed by atoms with Gasteiger partial charge in [-0.1, -0.05) is 22.9 Å². The topological polar surface area (TPSA) is 63.3 Å². The van der Waals surface area contributed by atoms with Crippen molar-refractivity contribution in [1.82, 2.24) is 5.16 Å². The van der Waals surface area contributed by atoms with E-state index in [1.54, 1.807) is 0 Å². The zero-order valence-electron chi connectivity index (χ0n) is 9.94. The monoisotopic (exact) mass is 231 g/mol. The number of aromatic nitrogens is 1. The molecule has 1 aromatic heterocycles. The van der Waals surface area contributed by atoms with Crippen LogP contribution in [0.4, 0.5) is 0 Å². The number of nitrogens with zero attached hydrogens (tertiary/aromatic N) is 1. The molecule has 0 bridgehead atoms. The van der Waals surface area contributed by atoms with Crippen LogP contribution in [0.1, 0.15) is 27.0 Å². The van der Waals surface area contributed by atoms with E-state index in [4.69, 9.17) is 9.63 Å². The summed E-state index contributed by atoms with van der Waals surface area (Å²) in [6.45, 7) is 5.87. The highest BCUT2D eigenvalue weighted by molar-refractivity contribution is 5.94. The zero-order valence-corrected chi connectivity index (χ0v) is 9.94. The first-order valence-electron chi connectivity index (χ1n) is 5.27. The molecule has 1 aromatic carbocycles. The molecule has 88 valence electrons. The van der Waals surface area contributed by atoms with Crippen molar-refractivity contribution in [2.75, 3.05) is 0 Å². The maximum Gasteiger partial charge on any atom is 0.341 e. The highest BCUT2D eigenvalue weighted by Crippen LogP contribution is 2.30. The van der Waals surface area contributed by atoms with Crippen LogP contribution in [0.5, 0.6) is 0 Å². The van der Waals surface area contributed by atoms with Crippen molar-refractivity contribution in [3.63, 3.8) is 0 Å². The summed E-state index contributed by atoms with van der Waals surface area (Å²) in [6, 6.07) is 3.99. The number of carboxylic acid groups (broad SMARTS) is 1. The highest BCUT2D eigenvalue weighted by Gasteiger charge is 2.20. The second-order valence-electron chi connectivity index (χ2n) is 4.15. The van der Waals surface area contributed by atoms with Crippen LogP contribution in [0.25, 0.3) is 11.3 Å². The van der Waals surface area contributed by atoms with E-state index in [-0.39, 0.29) is 5.56 Å². The van der Waals surface area contributed by atoms with Crippen molar-refractivity contribution < 1.29 is 14.4 Å². The van der Waals surface area contributed by atoms with Gasteiger partial charge >= 0.3 is 5.97 Å². The Morgan fingerprint density at radius 2 is 1.82 bits per heavy atom. The van der Waals surface area contributed by atoms with Crippen LogP contribution in [0.15, 0.2) is 22.9 Å². The second-order valence-corrected chi connectivity index (χ2v) is 4.15. The lowest BCUT2D eigenvalue weighted by atomic mass is 9.96. The van der Waals surface area contributed by atoms with Gasteiger partial charge in [0.1, 0.15) is 5.56 Å². The lowest BCUT2D eigenvalue weighted by Gasteiger charge is -2.08. The molecule has 17 heavy (non-hydrogen) atoms. The Morgan fingerprint density at radius 1 is 1.24 bits per heavy atom. The molecule has 2 aromatic rings. The molecule has 0 aliphatic rings. The molecule has 4 heteroatoms. The summed E-state index contributed by atoms with van der Waals surface area (Å²) in [5.41, 5.74) is 4.02. The van der Waals surface area contributed by atoms with Crippen molar-refractivity contribution in [2.45, 2.75) is 20.8 Å². The zero-order chi connectivity index (χ0) is 12.6. The molecule has 4 nitrogen and oxygen atoms in total. The summed E-state index contributed by atoms with van der Waals surface area (Å²) in [6.07, 6.45) is 1.23. The Hall–Kier alpha value is -2.10. The van der Waals surface area contributed by atoms with Gasteiger partial charge in [0.15, 0.2) is 5.76 Å². The number of carboxylic acids is 1. The van der Waals surface area contributed by atoms with Gasteiger partial charge in [0.05, 0.1) is 6.20 Å². The molecule has 0 aliphatic carbocycles. The van der Waals surface area contributed by atoms with E-state index in [1.807, 2.05) is 32.9 Å². The summed E-state index contributed by atoms with van der Waals surface area (Å²) in [4.78, 5) is 11.0. The molecule has 0 spiro atoms. The van der Waals surface area contributed by atoms with Gasteiger partial charge in [-0.2, -0.15) is 0 Å². The lowest BCUT2D eigenvalue weighted by molar-refractivity contribution is 0.0697. The molecular formula is C13H13NO3. The third-order valence-corrected chi connectivity index (χ3v) is 2.70. The Bertz CT molecular complexity index is 561. The minimum atomic E-state index is -1.03. The Balaban J connectivity index is 2.69. The van der Waals surface area contributed by atoms with Crippen molar-refractivity contribution in [2.24, 2.45) is 0 Å². The number of hydrogen-bond acceptors (Lipinski definition) is 3. The summed E-state index contributed by atoms with van der Waals surface area (Å²) in [5.74, 6) is -0.701. The number of aromatic carboxylic acids is 1. The Labute approximate surface area is 98.9 Å². The number of carbonyl (C=O) groups is 1. The Morgan fingerprint density at radius 3 is 2.35 bits per heavy atom. The van der Waals surface area contributed by atoms with Gasteiger partial charge in [-0.3, -0.25) is 0 Å². The summed E-state index contributed by atoms with van der Waals surface area (Å²) >= 11 is 0. The minimum Gasteiger partial charge on any atom is -0.477 e. The SMILES string of the molecule is Cc1cc(C)c(-c2oncc2C(=O)O)c(C)c1. The van der Waals surface area contributed by atoms with E-state index in [0.29, 0.717) is 5.76 Å². The second kappa shape index (κ2) is 4.05.